The van der Waals surface area contributed by atoms with Gasteiger partial charge in [0.1, 0.15) is 0 Å². The van der Waals surface area contributed by atoms with Gasteiger partial charge < -0.3 is 16.0 Å². The highest BCUT2D eigenvalue weighted by atomic mass is 35.5. The monoisotopic (exact) mass is 415 g/mol. The number of hydrogen-bond acceptors (Lipinski definition) is 3. The summed E-state index contributed by atoms with van der Waals surface area (Å²) in [4.78, 5) is 26.5. The summed E-state index contributed by atoms with van der Waals surface area (Å²) in [6.07, 6.45) is 3.76. The number of piperidine rings is 1. The quantitative estimate of drug-likeness (QED) is 0.729. The van der Waals surface area contributed by atoms with Crippen LogP contribution in [0.5, 0.6) is 0 Å². The van der Waals surface area contributed by atoms with Gasteiger partial charge >= 0.3 is 0 Å². The molecule has 1 unspecified atom stereocenters. The summed E-state index contributed by atoms with van der Waals surface area (Å²) in [6, 6.07) is 18.5. The molecule has 1 fully saturated rings. The van der Waals surface area contributed by atoms with Gasteiger partial charge in [0.2, 0.25) is 11.8 Å². The van der Waals surface area contributed by atoms with Crippen LogP contribution in [0.3, 0.4) is 0 Å². The highest BCUT2D eigenvalue weighted by Crippen LogP contribution is 2.21. The normalized spacial score (nSPS) is 16.0. The van der Waals surface area contributed by atoms with E-state index < -0.39 is 0 Å². The Morgan fingerprint density at radius 3 is 2.38 bits per heavy atom. The molecule has 156 valence electrons. The Morgan fingerprint density at radius 1 is 1.00 bits per heavy atom. The summed E-state index contributed by atoms with van der Waals surface area (Å²) in [6.45, 7) is 1.62. The SMILES string of the molecule is Cl.NCCC(=O)NCC1CCCCN1C(=O)Cc1ccc(-c2ccccc2)cc1. The van der Waals surface area contributed by atoms with Gasteiger partial charge in [0.05, 0.1) is 6.42 Å². The van der Waals surface area contributed by atoms with Crippen LogP contribution >= 0.6 is 12.4 Å². The molecule has 0 aliphatic carbocycles. The maximum absolute atomic E-state index is 12.9. The van der Waals surface area contributed by atoms with Crippen molar-refractivity contribution in [3.05, 3.63) is 60.2 Å². The highest BCUT2D eigenvalue weighted by molar-refractivity contribution is 5.85. The lowest BCUT2D eigenvalue weighted by Gasteiger charge is -2.36. The second-order valence-electron chi connectivity index (χ2n) is 7.32. The number of carbonyl (C=O) groups is 2. The molecule has 1 aliphatic rings. The first-order chi connectivity index (χ1) is 13.7. The predicted octanol–water partition coefficient (Wildman–Crippen LogP) is 3.16. The van der Waals surface area contributed by atoms with Gasteiger partial charge in [-0.15, -0.1) is 12.4 Å². The lowest BCUT2D eigenvalue weighted by molar-refractivity contribution is -0.134. The second kappa shape index (κ2) is 11.6. The van der Waals surface area contributed by atoms with E-state index in [2.05, 4.69) is 29.6 Å². The van der Waals surface area contributed by atoms with Crippen LogP contribution in [0.25, 0.3) is 11.1 Å². The lowest BCUT2D eigenvalue weighted by atomic mass is 9.99. The Kier molecular flexibility index (Phi) is 9.16. The Morgan fingerprint density at radius 2 is 1.69 bits per heavy atom. The van der Waals surface area contributed by atoms with Crippen LogP contribution in [-0.2, 0) is 16.0 Å². The second-order valence-corrected chi connectivity index (χ2v) is 7.32. The number of nitrogens with two attached hydrogens (primary N) is 1. The summed E-state index contributed by atoms with van der Waals surface area (Å²) >= 11 is 0. The van der Waals surface area contributed by atoms with E-state index in [1.54, 1.807) is 0 Å². The first-order valence-corrected chi connectivity index (χ1v) is 10.1. The van der Waals surface area contributed by atoms with Crippen molar-refractivity contribution in [3.8, 4) is 11.1 Å². The third kappa shape index (κ3) is 6.58. The Balaban J connectivity index is 0.00000300. The van der Waals surface area contributed by atoms with Crippen molar-refractivity contribution in [3.63, 3.8) is 0 Å². The molecule has 5 nitrogen and oxygen atoms in total. The first kappa shape index (κ1) is 22.9. The third-order valence-electron chi connectivity index (χ3n) is 5.27. The molecule has 3 N–H and O–H groups in total. The largest absolute Gasteiger partial charge is 0.354 e. The van der Waals surface area contributed by atoms with Crippen LogP contribution in [0, 0.1) is 0 Å². The van der Waals surface area contributed by atoms with Gasteiger partial charge in [0.25, 0.3) is 0 Å². The Hall–Kier alpha value is -2.37. The van der Waals surface area contributed by atoms with Crippen molar-refractivity contribution in [2.45, 2.75) is 38.1 Å². The van der Waals surface area contributed by atoms with Crippen molar-refractivity contribution in [1.29, 1.82) is 0 Å². The fourth-order valence-corrected chi connectivity index (χ4v) is 3.71. The molecule has 0 aromatic heterocycles. The molecular weight excluding hydrogens is 386 g/mol. The van der Waals surface area contributed by atoms with E-state index in [1.807, 2.05) is 35.2 Å². The number of amides is 2. The van der Waals surface area contributed by atoms with Crippen LogP contribution in [0.1, 0.15) is 31.2 Å². The van der Waals surface area contributed by atoms with Gasteiger partial charge in [-0.3, -0.25) is 9.59 Å². The van der Waals surface area contributed by atoms with Gasteiger partial charge in [0, 0.05) is 32.1 Å². The number of nitrogens with zero attached hydrogens (tertiary/aromatic N) is 1. The molecule has 6 heteroatoms. The minimum atomic E-state index is -0.0445. The third-order valence-corrected chi connectivity index (χ3v) is 5.27. The number of halogens is 1. The van der Waals surface area contributed by atoms with Gasteiger partial charge in [-0.1, -0.05) is 54.6 Å². The predicted molar refractivity (Wildman–Crippen MR) is 119 cm³/mol. The first-order valence-electron chi connectivity index (χ1n) is 10.1. The van der Waals surface area contributed by atoms with E-state index in [-0.39, 0.29) is 30.3 Å². The van der Waals surface area contributed by atoms with Crippen LogP contribution in [0.4, 0.5) is 0 Å². The molecule has 0 bridgehead atoms. The van der Waals surface area contributed by atoms with E-state index in [0.29, 0.717) is 25.9 Å². The summed E-state index contributed by atoms with van der Waals surface area (Å²) in [5, 5.41) is 2.91. The molecule has 29 heavy (non-hydrogen) atoms. The summed E-state index contributed by atoms with van der Waals surface area (Å²) in [5.41, 5.74) is 8.76. The zero-order chi connectivity index (χ0) is 19.8. The molecule has 2 aromatic carbocycles. The minimum Gasteiger partial charge on any atom is -0.354 e. The summed E-state index contributed by atoms with van der Waals surface area (Å²) in [5.74, 6) is 0.0854. The van der Waals surface area contributed by atoms with Crippen molar-refractivity contribution >= 4 is 24.2 Å². The molecule has 2 amide bonds. The molecule has 0 radical (unpaired) electrons. The standard InChI is InChI=1S/C23H29N3O2.ClH/c24-14-13-22(27)25-17-21-8-4-5-15-26(21)23(28)16-18-9-11-20(12-10-18)19-6-2-1-3-7-19;/h1-3,6-7,9-12,21H,4-5,8,13-17,24H2,(H,25,27);1H. The van der Waals surface area contributed by atoms with Crippen molar-refractivity contribution < 1.29 is 9.59 Å². The maximum atomic E-state index is 12.9. The van der Waals surface area contributed by atoms with Gasteiger partial charge in [-0.25, -0.2) is 0 Å². The average molecular weight is 416 g/mol. The van der Waals surface area contributed by atoms with Crippen LogP contribution < -0.4 is 11.1 Å². The van der Waals surface area contributed by atoms with Crippen molar-refractivity contribution in [2.24, 2.45) is 5.73 Å². The number of likely N-dealkylation sites (tertiary alicyclic amines) is 1. The fraction of sp³-hybridized carbons (Fsp3) is 0.391. The molecule has 1 saturated heterocycles. The molecule has 3 rings (SSSR count). The number of benzene rings is 2. The van der Waals surface area contributed by atoms with Crippen molar-refractivity contribution in [1.82, 2.24) is 10.2 Å². The van der Waals surface area contributed by atoms with Gasteiger partial charge in [-0.2, -0.15) is 0 Å². The minimum absolute atomic E-state index is 0. The fourth-order valence-electron chi connectivity index (χ4n) is 3.71. The van der Waals surface area contributed by atoms with E-state index in [1.165, 1.54) is 5.56 Å². The number of hydrogen-bond donors (Lipinski definition) is 2. The lowest BCUT2D eigenvalue weighted by Crippen LogP contribution is -2.50. The van der Waals surface area contributed by atoms with E-state index in [4.69, 9.17) is 5.73 Å². The molecule has 0 spiro atoms. The molecule has 2 aromatic rings. The molecule has 0 saturated carbocycles. The summed E-state index contributed by atoms with van der Waals surface area (Å²) in [7, 11) is 0. The van der Waals surface area contributed by atoms with Crippen molar-refractivity contribution in [2.75, 3.05) is 19.6 Å². The number of rotatable bonds is 7. The van der Waals surface area contributed by atoms with E-state index >= 15 is 0 Å². The zero-order valence-electron chi connectivity index (χ0n) is 16.7. The van der Waals surface area contributed by atoms with Crippen LogP contribution in [0.15, 0.2) is 54.6 Å². The van der Waals surface area contributed by atoms with E-state index in [9.17, 15) is 9.59 Å². The molecule has 1 atom stereocenters. The van der Waals surface area contributed by atoms with Gasteiger partial charge in [0.15, 0.2) is 0 Å². The molecule has 1 aliphatic heterocycles. The topological polar surface area (TPSA) is 75.4 Å². The van der Waals surface area contributed by atoms with Gasteiger partial charge in [-0.05, 0) is 36.0 Å². The van der Waals surface area contributed by atoms with Crippen LogP contribution in [-0.4, -0.2) is 42.4 Å². The smallest absolute Gasteiger partial charge is 0.227 e. The number of nitrogens with one attached hydrogen (secondary N) is 1. The Labute approximate surface area is 179 Å². The average Bonchev–Trinajstić information content (AvgIpc) is 2.74. The highest BCUT2D eigenvalue weighted by Gasteiger charge is 2.26. The maximum Gasteiger partial charge on any atom is 0.227 e. The Bertz CT molecular complexity index is 780. The molecule has 1 heterocycles. The van der Waals surface area contributed by atoms with Crippen LogP contribution in [0.2, 0.25) is 0 Å². The zero-order valence-corrected chi connectivity index (χ0v) is 17.5. The van der Waals surface area contributed by atoms with E-state index in [0.717, 1.165) is 36.9 Å². The number of carbonyl (C=O) groups excluding carboxylic acids is 2. The summed E-state index contributed by atoms with van der Waals surface area (Å²) < 4.78 is 0. The molecular formula is C23H30ClN3O2.